The number of fused-ring (bicyclic) bond motifs is 2. The SMILES string of the molecule is O=C(NCc1ccccc1-n1ccnc1)[C@H]1C[C@H]2CC[C@H]1C2. The summed E-state index contributed by atoms with van der Waals surface area (Å²) in [5.74, 6) is 1.93. The first kappa shape index (κ1) is 13.6. The zero-order chi connectivity index (χ0) is 14.9. The lowest BCUT2D eigenvalue weighted by Crippen LogP contribution is -2.33. The molecule has 4 nitrogen and oxygen atoms in total. The predicted octanol–water partition coefficient (Wildman–Crippen LogP) is 2.92. The van der Waals surface area contributed by atoms with Gasteiger partial charge in [0.05, 0.1) is 12.0 Å². The molecule has 1 aromatic heterocycles. The molecule has 1 aromatic carbocycles. The average Bonchev–Trinajstić information content (AvgIpc) is 3.29. The Morgan fingerprint density at radius 3 is 2.91 bits per heavy atom. The van der Waals surface area contributed by atoms with E-state index < -0.39 is 0 Å². The Hall–Kier alpha value is -2.10. The maximum atomic E-state index is 12.5. The molecule has 1 N–H and O–H groups in total. The van der Waals surface area contributed by atoms with Crippen LogP contribution in [0, 0.1) is 17.8 Å². The van der Waals surface area contributed by atoms with Crippen LogP contribution in [0.4, 0.5) is 0 Å². The van der Waals surface area contributed by atoms with E-state index in [1.165, 1.54) is 19.3 Å². The fraction of sp³-hybridized carbons (Fsp3) is 0.444. The summed E-state index contributed by atoms with van der Waals surface area (Å²) in [5.41, 5.74) is 2.20. The molecule has 0 aliphatic heterocycles. The number of para-hydroxylation sites is 1. The number of aromatic nitrogens is 2. The Morgan fingerprint density at radius 1 is 1.27 bits per heavy atom. The number of hydrogen-bond donors (Lipinski definition) is 1. The van der Waals surface area contributed by atoms with Gasteiger partial charge >= 0.3 is 0 Å². The average molecular weight is 295 g/mol. The summed E-state index contributed by atoms with van der Waals surface area (Å²) >= 11 is 0. The number of amides is 1. The maximum Gasteiger partial charge on any atom is 0.223 e. The van der Waals surface area contributed by atoms with Gasteiger partial charge in [-0.1, -0.05) is 24.6 Å². The molecule has 2 aromatic rings. The number of carbonyl (C=O) groups excluding carboxylic acids is 1. The summed E-state index contributed by atoms with van der Waals surface area (Å²) in [6.07, 6.45) is 10.4. The van der Waals surface area contributed by atoms with Crippen LogP contribution in [0.15, 0.2) is 43.0 Å². The summed E-state index contributed by atoms with van der Waals surface area (Å²) in [6, 6.07) is 8.15. The smallest absolute Gasteiger partial charge is 0.223 e. The van der Waals surface area contributed by atoms with Gasteiger partial charge in [-0.05, 0) is 42.7 Å². The molecule has 3 atom stereocenters. The number of nitrogens with zero attached hydrogens (tertiary/aromatic N) is 2. The van der Waals surface area contributed by atoms with Crippen molar-refractivity contribution >= 4 is 5.91 Å². The Morgan fingerprint density at radius 2 is 2.18 bits per heavy atom. The van der Waals surface area contributed by atoms with Crippen molar-refractivity contribution in [2.75, 3.05) is 0 Å². The monoisotopic (exact) mass is 295 g/mol. The highest BCUT2D eigenvalue weighted by atomic mass is 16.1. The van der Waals surface area contributed by atoms with Gasteiger partial charge in [0.2, 0.25) is 5.91 Å². The van der Waals surface area contributed by atoms with Crippen LogP contribution in [-0.2, 0) is 11.3 Å². The van der Waals surface area contributed by atoms with Crippen molar-refractivity contribution in [3.63, 3.8) is 0 Å². The van der Waals surface area contributed by atoms with Gasteiger partial charge in [-0.3, -0.25) is 4.79 Å². The van der Waals surface area contributed by atoms with Gasteiger partial charge in [-0.15, -0.1) is 0 Å². The van der Waals surface area contributed by atoms with E-state index >= 15 is 0 Å². The van der Waals surface area contributed by atoms with Crippen LogP contribution in [0.5, 0.6) is 0 Å². The normalized spacial score (nSPS) is 26.3. The molecule has 2 aliphatic carbocycles. The van der Waals surface area contributed by atoms with Crippen molar-refractivity contribution in [2.24, 2.45) is 17.8 Å². The summed E-state index contributed by atoms with van der Waals surface area (Å²) in [5, 5.41) is 3.16. The lowest BCUT2D eigenvalue weighted by Gasteiger charge is -2.21. The highest BCUT2D eigenvalue weighted by Gasteiger charge is 2.42. The van der Waals surface area contributed by atoms with E-state index in [2.05, 4.69) is 22.4 Å². The Balaban J connectivity index is 1.45. The van der Waals surface area contributed by atoms with Crippen LogP contribution in [0.2, 0.25) is 0 Å². The van der Waals surface area contributed by atoms with E-state index in [-0.39, 0.29) is 11.8 Å². The first-order valence-corrected chi connectivity index (χ1v) is 8.15. The lowest BCUT2D eigenvalue weighted by molar-refractivity contribution is -0.126. The molecule has 2 aliphatic rings. The van der Waals surface area contributed by atoms with Crippen LogP contribution in [0.1, 0.15) is 31.2 Å². The van der Waals surface area contributed by atoms with Gasteiger partial charge < -0.3 is 9.88 Å². The van der Waals surface area contributed by atoms with Crippen LogP contribution in [-0.4, -0.2) is 15.5 Å². The minimum Gasteiger partial charge on any atom is -0.352 e. The molecule has 2 bridgehead atoms. The van der Waals surface area contributed by atoms with Crippen LogP contribution in [0.3, 0.4) is 0 Å². The fourth-order valence-corrected chi connectivity index (χ4v) is 4.19. The van der Waals surface area contributed by atoms with Crippen molar-refractivity contribution in [1.82, 2.24) is 14.9 Å². The maximum absolute atomic E-state index is 12.5. The second-order valence-electron chi connectivity index (χ2n) is 6.60. The van der Waals surface area contributed by atoms with Gasteiger partial charge in [0.1, 0.15) is 0 Å². The van der Waals surface area contributed by atoms with E-state index in [0.717, 1.165) is 23.6 Å². The Labute approximate surface area is 130 Å². The zero-order valence-electron chi connectivity index (χ0n) is 12.6. The molecule has 0 spiro atoms. The molecule has 2 fully saturated rings. The number of hydrogen-bond acceptors (Lipinski definition) is 2. The first-order valence-electron chi connectivity index (χ1n) is 8.15. The van der Waals surface area contributed by atoms with Crippen molar-refractivity contribution in [1.29, 1.82) is 0 Å². The van der Waals surface area contributed by atoms with Gasteiger partial charge in [0, 0.05) is 24.9 Å². The van der Waals surface area contributed by atoms with Gasteiger partial charge in [-0.2, -0.15) is 0 Å². The molecular weight excluding hydrogens is 274 g/mol. The number of imidazole rings is 1. The largest absolute Gasteiger partial charge is 0.352 e. The number of carbonyl (C=O) groups is 1. The van der Waals surface area contributed by atoms with Crippen molar-refractivity contribution in [3.05, 3.63) is 48.5 Å². The van der Waals surface area contributed by atoms with Crippen molar-refractivity contribution in [3.8, 4) is 5.69 Å². The van der Waals surface area contributed by atoms with Gasteiger partial charge in [0.15, 0.2) is 0 Å². The van der Waals surface area contributed by atoms with E-state index in [1.54, 1.807) is 12.5 Å². The molecule has 4 heteroatoms. The summed E-state index contributed by atoms with van der Waals surface area (Å²) in [4.78, 5) is 16.6. The highest BCUT2D eigenvalue weighted by Crippen LogP contribution is 2.48. The topological polar surface area (TPSA) is 46.9 Å². The fourth-order valence-electron chi connectivity index (χ4n) is 4.19. The number of rotatable bonds is 4. The van der Waals surface area contributed by atoms with Crippen molar-refractivity contribution in [2.45, 2.75) is 32.2 Å². The van der Waals surface area contributed by atoms with Gasteiger partial charge in [0.25, 0.3) is 0 Å². The van der Waals surface area contributed by atoms with Crippen LogP contribution < -0.4 is 5.32 Å². The Kier molecular flexibility index (Phi) is 3.45. The molecule has 0 saturated heterocycles. The van der Waals surface area contributed by atoms with E-state index in [1.807, 2.05) is 22.9 Å². The van der Waals surface area contributed by atoms with E-state index in [0.29, 0.717) is 12.5 Å². The second-order valence-corrected chi connectivity index (χ2v) is 6.60. The minimum atomic E-state index is 0.243. The molecule has 1 amide bonds. The molecule has 114 valence electrons. The zero-order valence-corrected chi connectivity index (χ0v) is 12.6. The lowest BCUT2D eigenvalue weighted by atomic mass is 9.88. The molecule has 2 saturated carbocycles. The molecule has 0 unspecified atom stereocenters. The third kappa shape index (κ3) is 2.43. The number of benzene rings is 1. The molecule has 0 radical (unpaired) electrons. The highest BCUT2D eigenvalue weighted by molar-refractivity contribution is 5.79. The van der Waals surface area contributed by atoms with E-state index in [4.69, 9.17) is 0 Å². The molecule has 1 heterocycles. The standard InChI is InChI=1S/C18H21N3O/c22-18(16-10-13-5-6-14(16)9-13)20-11-15-3-1-2-4-17(15)21-8-7-19-12-21/h1-4,7-8,12-14,16H,5-6,9-11H2,(H,20,22)/t13-,14-,16-/m0/s1. The van der Waals surface area contributed by atoms with E-state index in [9.17, 15) is 4.79 Å². The summed E-state index contributed by atoms with van der Waals surface area (Å²) in [7, 11) is 0. The molecule has 4 rings (SSSR count). The Bertz CT molecular complexity index is 665. The predicted molar refractivity (Wildman–Crippen MR) is 84.3 cm³/mol. The molecular formula is C18H21N3O. The first-order chi connectivity index (χ1) is 10.8. The molecule has 22 heavy (non-hydrogen) atoms. The summed E-state index contributed by atoms with van der Waals surface area (Å²) < 4.78 is 1.99. The summed E-state index contributed by atoms with van der Waals surface area (Å²) in [6.45, 7) is 0.584. The number of nitrogens with one attached hydrogen (secondary N) is 1. The third-order valence-electron chi connectivity index (χ3n) is 5.30. The van der Waals surface area contributed by atoms with Crippen molar-refractivity contribution < 1.29 is 4.79 Å². The van der Waals surface area contributed by atoms with Crippen LogP contribution >= 0.6 is 0 Å². The van der Waals surface area contributed by atoms with Crippen LogP contribution in [0.25, 0.3) is 5.69 Å². The van der Waals surface area contributed by atoms with Gasteiger partial charge in [-0.25, -0.2) is 4.98 Å². The minimum absolute atomic E-state index is 0.243. The second kappa shape index (κ2) is 5.59. The third-order valence-corrected chi connectivity index (χ3v) is 5.30. The quantitative estimate of drug-likeness (QED) is 0.942.